The number of hydrogen-bond donors (Lipinski definition) is 2. The van der Waals surface area contributed by atoms with Crippen LogP contribution in [-0.4, -0.2) is 11.7 Å². The second-order valence-electron chi connectivity index (χ2n) is 6.22. The number of anilines is 1. The molecule has 3 nitrogen and oxygen atoms in total. The molecule has 0 bridgehead atoms. The Bertz CT molecular complexity index is 830. The van der Waals surface area contributed by atoms with Crippen molar-refractivity contribution in [1.82, 2.24) is 5.48 Å². The van der Waals surface area contributed by atoms with Gasteiger partial charge in [-0.3, -0.25) is 4.84 Å². The number of nitrogens with one attached hydrogen (secondary N) is 2. The van der Waals surface area contributed by atoms with Crippen molar-refractivity contribution in [2.45, 2.75) is 25.7 Å². The lowest BCUT2D eigenvalue weighted by molar-refractivity contribution is 0.0832. The number of para-hydroxylation sites is 1. The van der Waals surface area contributed by atoms with Crippen molar-refractivity contribution in [2.24, 2.45) is 0 Å². The van der Waals surface area contributed by atoms with E-state index in [1.54, 1.807) is 0 Å². The number of benzene rings is 3. The van der Waals surface area contributed by atoms with Crippen LogP contribution in [0.5, 0.6) is 0 Å². The lowest BCUT2D eigenvalue weighted by Crippen LogP contribution is -2.28. The normalized spacial score (nSPS) is 10.6. The Morgan fingerprint density at radius 3 is 2.46 bits per heavy atom. The maximum atomic E-state index is 5.44. The monoisotopic (exact) mass is 364 g/mol. The predicted octanol–water partition coefficient (Wildman–Crippen LogP) is 5.47. The van der Waals surface area contributed by atoms with E-state index in [1.807, 2.05) is 30.3 Å². The first-order valence-corrected chi connectivity index (χ1v) is 9.44. The summed E-state index contributed by atoms with van der Waals surface area (Å²) in [6.45, 7) is 0.645. The second-order valence-corrected chi connectivity index (χ2v) is 6.63. The van der Waals surface area contributed by atoms with Gasteiger partial charge in [0.05, 0.1) is 6.61 Å². The quantitative estimate of drug-likeness (QED) is 0.315. The Kier molecular flexibility index (Phi) is 6.99. The molecule has 0 aliphatic heterocycles. The fourth-order valence-corrected chi connectivity index (χ4v) is 3.15. The van der Waals surface area contributed by atoms with Gasteiger partial charge in [0.2, 0.25) is 0 Å². The zero-order valence-electron chi connectivity index (χ0n) is 14.8. The van der Waals surface area contributed by atoms with Crippen LogP contribution in [-0.2, 0) is 11.3 Å². The molecule has 3 aromatic rings. The van der Waals surface area contributed by atoms with Gasteiger partial charge in [0, 0.05) is 5.69 Å². The molecule has 0 saturated heterocycles. The summed E-state index contributed by atoms with van der Waals surface area (Å²) in [5.74, 6) is 0. The lowest BCUT2D eigenvalue weighted by Gasteiger charge is -2.10. The molecule has 26 heavy (non-hydrogen) atoms. The average molecular weight is 365 g/mol. The van der Waals surface area contributed by atoms with Gasteiger partial charge in [-0.25, -0.2) is 5.48 Å². The van der Waals surface area contributed by atoms with E-state index in [0.29, 0.717) is 11.7 Å². The van der Waals surface area contributed by atoms with Crippen molar-refractivity contribution in [2.75, 3.05) is 11.9 Å². The van der Waals surface area contributed by atoms with E-state index in [9.17, 15) is 0 Å². The molecular formula is C22H24N2OS. The molecule has 0 aliphatic rings. The zero-order chi connectivity index (χ0) is 18.0. The minimum absolute atomic E-state index is 0.479. The molecule has 0 spiro atoms. The smallest absolute Gasteiger partial charge is 0.195 e. The van der Waals surface area contributed by atoms with Crippen LogP contribution in [0.25, 0.3) is 10.8 Å². The number of hydroxylamine groups is 1. The SMILES string of the molecule is S=C(NOCCCCCc1cccc2ccccc12)Nc1ccccc1. The maximum Gasteiger partial charge on any atom is 0.195 e. The van der Waals surface area contributed by atoms with E-state index in [4.69, 9.17) is 17.1 Å². The molecule has 0 amide bonds. The van der Waals surface area contributed by atoms with Crippen molar-refractivity contribution in [1.29, 1.82) is 0 Å². The van der Waals surface area contributed by atoms with Gasteiger partial charge in [-0.15, -0.1) is 0 Å². The number of fused-ring (bicyclic) bond motifs is 1. The summed E-state index contributed by atoms with van der Waals surface area (Å²) in [7, 11) is 0. The van der Waals surface area contributed by atoms with E-state index in [1.165, 1.54) is 16.3 Å². The van der Waals surface area contributed by atoms with Crippen LogP contribution in [0.2, 0.25) is 0 Å². The molecule has 2 N–H and O–H groups in total. The van der Waals surface area contributed by atoms with Crippen molar-refractivity contribution >= 4 is 33.8 Å². The highest BCUT2D eigenvalue weighted by atomic mass is 32.1. The van der Waals surface area contributed by atoms with Crippen molar-refractivity contribution < 1.29 is 4.84 Å². The topological polar surface area (TPSA) is 33.3 Å². The third-order valence-electron chi connectivity index (χ3n) is 4.27. The van der Waals surface area contributed by atoms with Gasteiger partial charge in [0.15, 0.2) is 5.11 Å². The second kappa shape index (κ2) is 9.90. The van der Waals surface area contributed by atoms with Crippen LogP contribution in [0.15, 0.2) is 72.8 Å². The third kappa shape index (κ3) is 5.55. The highest BCUT2D eigenvalue weighted by Gasteiger charge is 2.01. The molecule has 0 fully saturated rings. The first-order valence-electron chi connectivity index (χ1n) is 9.03. The molecule has 0 aromatic heterocycles. The fraction of sp³-hybridized carbons (Fsp3) is 0.227. The van der Waals surface area contributed by atoms with Gasteiger partial charge in [-0.1, -0.05) is 67.1 Å². The molecule has 134 valence electrons. The van der Waals surface area contributed by atoms with E-state index in [0.717, 1.165) is 31.4 Å². The zero-order valence-corrected chi connectivity index (χ0v) is 15.6. The molecule has 3 rings (SSSR count). The van der Waals surface area contributed by atoms with Crippen LogP contribution in [0.4, 0.5) is 5.69 Å². The van der Waals surface area contributed by atoms with E-state index in [2.05, 4.69) is 53.3 Å². The number of unbranched alkanes of at least 4 members (excludes halogenated alkanes) is 2. The molecule has 0 atom stereocenters. The van der Waals surface area contributed by atoms with Crippen LogP contribution in [0.1, 0.15) is 24.8 Å². The van der Waals surface area contributed by atoms with E-state index in [-0.39, 0.29) is 0 Å². The van der Waals surface area contributed by atoms with Gasteiger partial charge in [-0.05, 0) is 59.9 Å². The molecule has 3 aromatic carbocycles. The van der Waals surface area contributed by atoms with Gasteiger partial charge < -0.3 is 5.32 Å². The van der Waals surface area contributed by atoms with Crippen molar-refractivity contribution in [3.63, 3.8) is 0 Å². The molecule has 0 radical (unpaired) electrons. The Hall–Kier alpha value is -2.43. The Morgan fingerprint density at radius 1 is 0.808 bits per heavy atom. The van der Waals surface area contributed by atoms with Crippen molar-refractivity contribution in [3.8, 4) is 0 Å². The van der Waals surface area contributed by atoms with Gasteiger partial charge in [-0.2, -0.15) is 0 Å². The van der Waals surface area contributed by atoms with Crippen LogP contribution in [0, 0.1) is 0 Å². The lowest BCUT2D eigenvalue weighted by atomic mass is 10.00. The number of thiocarbonyl (C=S) groups is 1. The maximum absolute atomic E-state index is 5.44. The molecule has 0 saturated carbocycles. The minimum atomic E-state index is 0.479. The van der Waals surface area contributed by atoms with Crippen LogP contribution >= 0.6 is 12.2 Å². The summed E-state index contributed by atoms with van der Waals surface area (Å²) in [5, 5.41) is 6.24. The molecule has 0 aliphatic carbocycles. The molecule has 0 heterocycles. The standard InChI is InChI=1S/C22H24N2OS/c26-22(23-20-14-4-1-5-15-20)24-25-17-8-2-3-10-18-12-9-13-19-11-6-7-16-21(18)19/h1,4-7,9,11-16H,2-3,8,10,17H2,(H2,23,24,26). The van der Waals surface area contributed by atoms with Crippen molar-refractivity contribution in [3.05, 3.63) is 78.4 Å². The fourth-order valence-electron chi connectivity index (χ4n) is 2.97. The summed E-state index contributed by atoms with van der Waals surface area (Å²) in [6.07, 6.45) is 4.39. The number of rotatable bonds is 8. The molecular weight excluding hydrogens is 340 g/mol. The van der Waals surface area contributed by atoms with Gasteiger partial charge in [0.25, 0.3) is 0 Å². The molecule has 4 heteroatoms. The molecule has 0 unspecified atom stereocenters. The minimum Gasteiger partial charge on any atom is -0.331 e. The largest absolute Gasteiger partial charge is 0.331 e. The van der Waals surface area contributed by atoms with Crippen LogP contribution in [0.3, 0.4) is 0 Å². The number of aryl methyl sites for hydroxylation is 1. The summed E-state index contributed by atoms with van der Waals surface area (Å²) in [5.41, 5.74) is 5.16. The first-order chi connectivity index (χ1) is 12.8. The van der Waals surface area contributed by atoms with Gasteiger partial charge in [0.1, 0.15) is 0 Å². The van der Waals surface area contributed by atoms with E-state index < -0.39 is 0 Å². The van der Waals surface area contributed by atoms with Gasteiger partial charge >= 0.3 is 0 Å². The summed E-state index contributed by atoms with van der Waals surface area (Å²) >= 11 is 5.20. The highest BCUT2D eigenvalue weighted by Crippen LogP contribution is 2.20. The summed E-state index contributed by atoms with van der Waals surface area (Å²) in [6, 6.07) is 24.9. The number of hydrogen-bond acceptors (Lipinski definition) is 2. The summed E-state index contributed by atoms with van der Waals surface area (Å²) < 4.78 is 0. The summed E-state index contributed by atoms with van der Waals surface area (Å²) in [4.78, 5) is 5.44. The predicted molar refractivity (Wildman–Crippen MR) is 113 cm³/mol. The highest BCUT2D eigenvalue weighted by molar-refractivity contribution is 7.80. The van der Waals surface area contributed by atoms with Crippen LogP contribution < -0.4 is 10.8 Å². The Balaban J connectivity index is 1.30. The first kappa shape index (κ1) is 18.4. The Morgan fingerprint density at radius 2 is 1.58 bits per heavy atom. The Labute approximate surface area is 160 Å². The average Bonchev–Trinajstić information content (AvgIpc) is 2.68. The van der Waals surface area contributed by atoms with E-state index >= 15 is 0 Å². The third-order valence-corrected chi connectivity index (χ3v) is 4.45.